The van der Waals surface area contributed by atoms with E-state index in [0.29, 0.717) is 23.7 Å². The summed E-state index contributed by atoms with van der Waals surface area (Å²) in [5, 5.41) is 7.83. The van der Waals surface area contributed by atoms with Gasteiger partial charge in [0.15, 0.2) is 0 Å². The van der Waals surface area contributed by atoms with Crippen LogP contribution in [0.1, 0.15) is 48.4 Å². The Morgan fingerprint density at radius 3 is 2.92 bits per heavy atom. The van der Waals surface area contributed by atoms with Gasteiger partial charge in [0.25, 0.3) is 5.56 Å². The average molecular weight is 380 g/mol. The van der Waals surface area contributed by atoms with Gasteiger partial charge >= 0.3 is 0 Å². The number of thioether (sulfide) groups is 1. The molecule has 2 aliphatic heterocycles. The molecule has 0 aromatic carbocycles. The number of hydrogen-bond donors (Lipinski definition) is 2. The third-order valence-electron chi connectivity index (χ3n) is 4.70. The molecule has 2 aliphatic rings. The number of aromatic nitrogens is 2. The second kappa shape index (κ2) is 6.34. The lowest BCUT2D eigenvalue weighted by Crippen LogP contribution is -2.36. The molecule has 0 bridgehead atoms. The van der Waals surface area contributed by atoms with E-state index in [4.69, 9.17) is 4.74 Å². The number of carbonyl (C=O) groups excluding carboxylic acids is 1. The Morgan fingerprint density at radius 1 is 1.36 bits per heavy atom. The number of amides is 1. The Labute approximate surface area is 153 Å². The molecule has 8 heteroatoms. The first-order valence-electron chi connectivity index (χ1n) is 8.38. The topological polar surface area (TPSA) is 76.1 Å². The summed E-state index contributed by atoms with van der Waals surface area (Å²) in [4.78, 5) is 26.1. The minimum atomic E-state index is -0.242. The van der Waals surface area contributed by atoms with Crippen molar-refractivity contribution in [1.82, 2.24) is 9.78 Å². The van der Waals surface area contributed by atoms with Crippen LogP contribution in [0.5, 0.6) is 0 Å². The number of carbonyl (C=O) groups is 1. The molecule has 0 spiro atoms. The molecule has 0 unspecified atom stereocenters. The monoisotopic (exact) mass is 379 g/mol. The van der Waals surface area contributed by atoms with Gasteiger partial charge in [-0.2, -0.15) is 0 Å². The third-order valence-corrected chi connectivity index (χ3v) is 7.04. The number of nitrogens with zero attached hydrogens (tertiary/aromatic N) is 1. The van der Waals surface area contributed by atoms with E-state index in [0.717, 1.165) is 17.7 Å². The predicted octanol–water partition coefficient (Wildman–Crippen LogP) is 3.14. The second-order valence-electron chi connectivity index (χ2n) is 7.08. The highest BCUT2D eigenvalue weighted by atomic mass is 32.2. The van der Waals surface area contributed by atoms with Gasteiger partial charge in [-0.1, -0.05) is 6.07 Å². The van der Waals surface area contributed by atoms with Crippen molar-refractivity contribution in [2.24, 2.45) is 0 Å². The van der Waals surface area contributed by atoms with Crippen LogP contribution in [0.3, 0.4) is 0 Å². The lowest BCUT2D eigenvalue weighted by molar-refractivity contribution is -0.113. The predicted molar refractivity (Wildman–Crippen MR) is 101 cm³/mol. The lowest BCUT2D eigenvalue weighted by Gasteiger charge is -2.36. The molecular weight excluding hydrogens is 358 g/mol. The molecule has 0 aliphatic carbocycles. The summed E-state index contributed by atoms with van der Waals surface area (Å²) in [5.41, 5.74) is 0.295. The van der Waals surface area contributed by atoms with Crippen molar-refractivity contribution >= 4 is 34.8 Å². The Bertz CT molecular complexity index is 838. The SMILES string of the molecule is CC1(C)C[C@@H](n2[nH]c(=O)c3c2NC(=O)CS[C@H]3c2cccs2)CCO1. The summed E-state index contributed by atoms with van der Waals surface area (Å²) in [5.74, 6) is 0.904. The summed E-state index contributed by atoms with van der Waals surface area (Å²) in [6.07, 6.45) is 1.60. The number of aromatic amines is 1. The number of nitrogens with one attached hydrogen (secondary N) is 2. The van der Waals surface area contributed by atoms with Crippen LogP contribution in [0, 0.1) is 0 Å². The molecule has 2 aromatic heterocycles. The number of ether oxygens (including phenoxy) is 1. The van der Waals surface area contributed by atoms with Gasteiger partial charge in [-0.05, 0) is 38.1 Å². The van der Waals surface area contributed by atoms with E-state index in [2.05, 4.69) is 24.3 Å². The number of anilines is 1. The largest absolute Gasteiger partial charge is 0.375 e. The first-order valence-corrected chi connectivity index (χ1v) is 10.3. The summed E-state index contributed by atoms with van der Waals surface area (Å²) in [6, 6.07) is 4.11. The molecule has 2 aromatic rings. The molecule has 1 amide bonds. The van der Waals surface area contributed by atoms with Crippen LogP contribution in [-0.4, -0.2) is 33.6 Å². The molecule has 0 saturated carbocycles. The van der Waals surface area contributed by atoms with Crippen LogP contribution in [-0.2, 0) is 9.53 Å². The van der Waals surface area contributed by atoms with Gasteiger partial charge in [0.2, 0.25) is 5.91 Å². The van der Waals surface area contributed by atoms with E-state index in [1.165, 1.54) is 11.8 Å². The Balaban J connectivity index is 1.80. The first-order chi connectivity index (χ1) is 11.9. The maximum Gasteiger partial charge on any atom is 0.271 e. The van der Waals surface area contributed by atoms with Crippen molar-refractivity contribution in [3.05, 3.63) is 38.3 Å². The molecule has 2 atom stereocenters. The summed E-state index contributed by atoms with van der Waals surface area (Å²) >= 11 is 3.12. The fourth-order valence-electron chi connectivity index (χ4n) is 3.60. The van der Waals surface area contributed by atoms with Gasteiger partial charge in [-0.3, -0.25) is 19.4 Å². The van der Waals surface area contributed by atoms with Crippen LogP contribution in [0.4, 0.5) is 5.82 Å². The quantitative estimate of drug-likeness (QED) is 0.840. The number of H-pyrrole nitrogens is 1. The van der Waals surface area contributed by atoms with Gasteiger partial charge in [0, 0.05) is 11.5 Å². The van der Waals surface area contributed by atoms with Crippen LogP contribution >= 0.6 is 23.1 Å². The van der Waals surface area contributed by atoms with Gasteiger partial charge in [-0.15, -0.1) is 23.1 Å². The Morgan fingerprint density at radius 2 is 2.20 bits per heavy atom. The van der Waals surface area contributed by atoms with E-state index < -0.39 is 0 Å². The zero-order chi connectivity index (χ0) is 17.6. The van der Waals surface area contributed by atoms with E-state index in [1.807, 2.05) is 22.2 Å². The highest BCUT2D eigenvalue weighted by Gasteiger charge is 2.36. The Hall–Kier alpha value is -1.51. The van der Waals surface area contributed by atoms with Crippen molar-refractivity contribution in [3.63, 3.8) is 0 Å². The molecule has 6 nitrogen and oxygen atoms in total. The highest BCUT2D eigenvalue weighted by molar-refractivity contribution is 8.00. The van der Waals surface area contributed by atoms with Gasteiger partial charge < -0.3 is 10.1 Å². The fourth-order valence-corrected chi connectivity index (χ4v) is 5.70. The Kier molecular flexibility index (Phi) is 4.29. The van der Waals surface area contributed by atoms with Crippen LogP contribution < -0.4 is 10.9 Å². The second-order valence-corrected chi connectivity index (χ2v) is 9.16. The zero-order valence-corrected chi connectivity index (χ0v) is 15.8. The third kappa shape index (κ3) is 3.18. The van der Waals surface area contributed by atoms with Crippen molar-refractivity contribution in [1.29, 1.82) is 0 Å². The standard InChI is InChI=1S/C17H21N3O3S2/c1-17(2)8-10(5-6-23-17)20-15-13(16(22)19-20)14(11-4-3-7-24-11)25-9-12(21)18-15/h3-4,7,10,14H,5-6,8-9H2,1-2H3,(H,18,21)(H,19,22)/t10-,14-/m0/s1. The molecule has 1 fully saturated rings. The highest BCUT2D eigenvalue weighted by Crippen LogP contribution is 2.43. The normalized spacial score (nSPS) is 25.9. The molecule has 0 radical (unpaired) electrons. The maximum atomic E-state index is 12.8. The smallest absolute Gasteiger partial charge is 0.271 e. The minimum Gasteiger partial charge on any atom is -0.375 e. The van der Waals surface area contributed by atoms with Crippen LogP contribution in [0.15, 0.2) is 22.3 Å². The summed E-state index contributed by atoms with van der Waals surface area (Å²) < 4.78 is 7.67. The van der Waals surface area contributed by atoms with Gasteiger partial charge in [0.05, 0.1) is 28.2 Å². The average Bonchev–Trinajstić information content (AvgIpc) is 3.13. The van der Waals surface area contributed by atoms with Crippen LogP contribution in [0.25, 0.3) is 0 Å². The molecule has 4 heterocycles. The molecule has 2 N–H and O–H groups in total. The fraction of sp³-hybridized carbons (Fsp3) is 0.529. The molecule has 134 valence electrons. The first kappa shape index (κ1) is 16.9. The number of thiophene rings is 1. The molecule has 4 rings (SSSR count). The lowest BCUT2D eigenvalue weighted by atomic mass is 9.94. The number of fused-ring (bicyclic) bond motifs is 1. The maximum absolute atomic E-state index is 12.8. The number of hydrogen-bond acceptors (Lipinski definition) is 5. The zero-order valence-electron chi connectivity index (χ0n) is 14.2. The van der Waals surface area contributed by atoms with E-state index in [-0.39, 0.29) is 28.4 Å². The molecular formula is C17H21N3O3S2. The summed E-state index contributed by atoms with van der Waals surface area (Å²) in [7, 11) is 0. The van der Waals surface area contributed by atoms with Gasteiger partial charge in [0.1, 0.15) is 5.82 Å². The van der Waals surface area contributed by atoms with Crippen molar-refractivity contribution in [3.8, 4) is 0 Å². The number of rotatable bonds is 2. The van der Waals surface area contributed by atoms with Crippen molar-refractivity contribution in [2.45, 2.75) is 43.6 Å². The van der Waals surface area contributed by atoms with Crippen LogP contribution in [0.2, 0.25) is 0 Å². The van der Waals surface area contributed by atoms with Crippen molar-refractivity contribution in [2.75, 3.05) is 17.7 Å². The molecule has 1 saturated heterocycles. The van der Waals surface area contributed by atoms with E-state index in [1.54, 1.807) is 11.3 Å². The van der Waals surface area contributed by atoms with Gasteiger partial charge in [-0.25, -0.2) is 0 Å². The van der Waals surface area contributed by atoms with E-state index >= 15 is 0 Å². The minimum absolute atomic E-state index is 0.0654. The molecule has 25 heavy (non-hydrogen) atoms. The van der Waals surface area contributed by atoms with Crippen molar-refractivity contribution < 1.29 is 9.53 Å². The van der Waals surface area contributed by atoms with E-state index in [9.17, 15) is 9.59 Å². The summed E-state index contributed by atoms with van der Waals surface area (Å²) in [6.45, 7) is 4.76.